The van der Waals surface area contributed by atoms with E-state index >= 15 is 0 Å². The van der Waals surface area contributed by atoms with Gasteiger partial charge in [0.15, 0.2) is 0 Å². The predicted octanol–water partition coefficient (Wildman–Crippen LogP) is 3.69. The summed E-state index contributed by atoms with van der Waals surface area (Å²) in [6.45, 7) is 5.49. The molecule has 3 heteroatoms. The van der Waals surface area contributed by atoms with Crippen LogP contribution in [0.3, 0.4) is 0 Å². The summed E-state index contributed by atoms with van der Waals surface area (Å²) >= 11 is 0. The number of hydrogen-bond acceptors (Lipinski definition) is 3. The van der Waals surface area contributed by atoms with Crippen LogP contribution in [0.15, 0.2) is 36.5 Å². The molecule has 1 aromatic carbocycles. The van der Waals surface area contributed by atoms with Crippen molar-refractivity contribution in [2.45, 2.75) is 38.6 Å². The Morgan fingerprint density at radius 3 is 2.60 bits per heavy atom. The second-order valence-electron chi connectivity index (χ2n) is 5.73. The average molecular weight is 267 g/mol. The minimum atomic E-state index is 0.324. The Morgan fingerprint density at radius 2 is 1.95 bits per heavy atom. The standard InChI is InChI=1S/C17H21N3/c1-12(2)13-5-7-14(8-6-13)15-9-11-19-17(20-15)16-4-3-10-18-16/h5-9,11-12,16,18H,3-4,10H2,1-2H3. The van der Waals surface area contributed by atoms with Gasteiger partial charge in [-0.1, -0.05) is 38.1 Å². The van der Waals surface area contributed by atoms with Gasteiger partial charge in [0.1, 0.15) is 5.82 Å². The van der Waals surface area contributed by atoms with E-state index in [4.69, 9.17) is 4.98 Å². The topological polar surface area (TPSA) is 37.8 Å². The molecule has 2 heterocycles. The quantitative estimate of drug-likeness (QED) is 0.921. The molecule has 20 heavy (non-hydrogen) atoms. The smallest absolute Gasteiger partial charge is 0.145 e. The Morgan fingerprint density at radius 1 is 1.15 bits per heavy atom. The lowest BCUT2D eigenvalue weighted by atomic mass is 10.0. The minimum Gasteiger partial charge on any atom is -0.307 e. The molecule has 0 saturated carbocycles. The summed E-state index contributed by atoms with van der Waals surface area (Å²) in [5, 5.41) is 3.45. The Bertz CT molecular complexity index is 569. The molecule has 0 amide bonds. The molecular weight excluding hydrogens is 246 g/mol. The largest absolute Gasteiger partial charge is 0.307 e. The normalized spacial score (nSPS) is 18.6. The maximum absolute atomic E-state index is 4.73. The van der Waals surface area contributed by atoms with Crippen LogP contribution in [-0.2, 0) is 0 Å². The highest BCUT2D eigenvalue weighted by Gasteiger charge is 2.19. The minimum absolute atomic E-state index is 0.324. The first-order valence-corrected chi connectivity index (χ1v) is 7.40. The lowest BCUT2D eigenvalue weighted by Crippen LogP contribution is -2.15. The first kappa shape index (κ1) is 13.3. The number of hydrogen-bond donors (Lipinski definition) is 1. The monoisotopic (exact) mass is 267 g/mol. The van der Waals surface area contributed by atoms with Gasteiger partial charge in [-0.05, 0) is 36.9 Å². The lowest BCUT2D eigenvalue weighted by molar-refractivity contribution is 0.605. The Labute approximate surface area is 120 Å². The van der Waals surface area contributed by atoms with Crippen molar-refractivity contribution in [3.8, 4) is 11.3 Å². The molecule has 104 valence electrons. The SMILES string of the molecule is CC(C)c1ccc(-c2ccnc(C3CCCN3)n2)cc1. The number of nitrogens with zero attached hydrogens (tertiary/aromatic N) is 2. The second kappa shape index (κ2) is 5.71. The Kier molecular flexibility index (Phi) is 3.79. The van der Waals surface area contributed by atoms with Crippen LogP contribution in [-0.4, -0.2) is 16.5 Å². The van der Waals surface area contributed by atoms with Crippen LogP contribution < -0.4 is 5.32 Å². The first-order chi connectivity index (χ1) is 9.74. The van der Waals surface area contributed by atoms with Crippen molar-refractivity contribution in [1.82, 2.24) is 15.3 Å². The Hall–Kier alpha value is -1.74. The third-order valence-corrected chi connectivity index (χ3v) is 3.92. The van der Waals surface area contributed by atoms with Crippen molar-refractivity contribution >= 4 is 0 Å². The molecule has 0 aliphatic carbocycles. The van der Waals surface area contributed by atoms with Gasteiger partial charge in [0.25, 0.3) is 0 Å². The van der Waals surface area contributed by atoms with Gasteiger partial charge in [-0.3, -0.25) is 0 Å². The Balaban J connectivity index is 1.87. The number of aromatic nitrogens is 2. The van der Waals surface area contributed by atoms with Crippen LogP contribution >= 0.6 is 0 Å². The fourth-order valence-electron chi connectivity index (χ4n) is 2.65. The van der Waals surface area contributed by atoms with Gasteiger partial charge in [-0.2, -0.15) is 0 Å². The van der Waals surface area contributed by atoms with Crippen molar-refractivity contribution in [3.05, 3.63) is 47.9 Å². The van der Waals surface area contributed by atoms with Crippen molar-refractivity contribution in [3.63, 3.8) is 0 Å². The molecule has 0 spiro atoms. The third-order valence-electron chi connectivity index (χ3n) is 3.92. The van der Waals surface area contributed by atoms with Gasteiger partial charge >= 0.3 is 0 Å². The number of rotatable bonds is 3. The van der Waals surface area contributed by atoms with Crippen LogP contribution in [0.5, 0.6) is 0 Å². The maximum atomic E-state index is 4.73. The molecule has 1 fully saturated rings. The van der Waals surface area contributed by atoms with E-state index in [2.05, 4.69) is 48.4 Å². The van der Waals surface area contributed by atoms with E-state index in [1.807, 2.05) is 12.3 Å². The van der Waals surface area contributed by atoms with E-state index < -0.39 is 0 Å². The molecule has 0 bridgehead atoms. The number of nitrogens with one attached hydrogen (secondary N) is 1. The van der Waals surface area contributed by atoms with E-state index in [1.165, 1.54) is 12.0 Å². The van der Waals surface area contributed by atoms with Gasteiger partial charge in [-0.25, -0.2) is 9.97 Å². The predicted molar refractivity (Wildman–Crippen MR) is 81.5 cm³/mol. The summed E-state index contributed by atoms with van der Waals surface area (Å²) in [7, 11) is 0. The van der Waals surface area contributed by atoms with Crippen LogP contribution in [0.4, 0.5) is 0 Å². The van der Waals surface area contributed by atoms with Crippen molar-refractivity contribution < 1.29 is 0 Å². The molecule has 1 unspecified atom stereocenters. The molecule has 1 aromatic heterocycles. The van der Waals surface area contributed by atoms with Gasteiger partial charge in [0.2, 0.25) is 0 Å². The molecule has 1 atom stereocenters. The van der Waals surface area contributed by atoms with Crippen LogP contribution in [0, 0.1) is 0 Å². The van der Waals surface area contributed by atoms with Crippen LogP contribution in [0.2, 0.25) is 0 Å². The van der Waals surface area contributed by atoms with Crippen LogP contribution in [0.1, 0.15) is 50.0 Å². The average Bonchev–Trinajstić information content (AvgIpc) is 3.02. The van der Waals surface area contributed by atoms with Crippen molar-refractivity contribution in [2.75, 3.05) is 6.54 Å². The van der Waals surface area contributed by atoms with Gasteiger partial charge in [0.05, 0.1) is 11.7 Å². The highest BCUT2D eigenvalue weighted by atomic mass is 15.0. The van der Waals surface area contributed by atoms with Gasteiger partial charge in [0, 0.05) is 11.8 Å². The number of benzene rings is 1. The highest BCUT2D eigenvalue weighted by molar-refractivity contribution is 5.59. The summed E-state index contributed by atoms with van der Waals surface area (Å²) in [6.07, 6.45) is 4.21. The van der Waals surface area contributed by atoms with E-state index in [1.54, 1.807) is 0 Å². The molecule has 1 aliphatic rings. The highest BCUT2D eigenvalue weighted by Crippen LogP contribution is 2.24. The van der Waals surface area contributed by atoms with E-state index in [0.29, 0.717) is 12.0 Å². The summed E-state index contributed by atoms with van der Waals surface area (Å²) in [4.78, 5) is 9.14. The molecule has 2 aromatic rings. The van der Waals surface area contributed by atoms with E-state index in [9.17, 15) is 0 Å². The zero-order valence-electron chi connectivity index (χ0n) is 12.1. The molecule has 1 N–H and O–H groups in total. The van der Waals surface area contributed by atoms with Crippen LogP contribution in [0.25, 0.3) is 11.3 Å². The fraction of sp³-hybridized carbons (Fsp3) is 0.412. The van der Waals surface area contributed by atoms with E-state index in [0.717, 1.165) is 30.0 Å². The van der Waals surface area contributed by atoms with E-state index in [-0.39, 0.29) is 0 Å². The van der Waals surface area contributed by atoms with Gasteiger partial charge < -0.3 is 5.32 Å². The van der Waals surface area contributed by atoms with Crippen molar-refractivity contribution in [1.29, 1.82) is 0 Å². The zero-order chi connectivity index (χ0) is 13.9. The molecule has 1 saturated heterocycles. The molecule has 3 rings (SSSR count). The summed E-state index contributed by atoms with van der Waals surface area (Å²) in [5.74, 6) is 1.49. The zero-order valence-corrected chi connectivity index (χ0v) is 12.1. The summed E-state index contributed by atoms with van der Waals surface area (Å²) in [5.41, 5.74) is 3.54. The maximum Gasteiger partial charge on any atom is 0.145 e. The molecule has 0 radical (unpaired) electrons. The third kappa shape index (κ3) is 2.73. The molecule has 1 aliphatic heterocycles. The second-order valence-corrected chi connectivity index (χ2v) is 5.73. The first-order valence-electron chi connectivity index (χ1n) is 7.40. The van der Waals surface area contributed by atoms with Crippen molar-refractivity contribution in [2.24, 2.45) is 0 Å². The summed E-state index contributed by atoms with van der Waals surface area (Å²) in [6, 6.07) is 11.0. The molecule has 3 nitrogen and oxygen atoms in total. The lowest BCUT2D eigenvalue weighted by Gasteiger charge is -2.10. The summed E-state index contributed by atoms with van der Waals surface area (Å²) < 4.78 is 0. The fourth-order valence-corrected chi connectivity index (χ4v) is 2.65. The molecular formula is C17H21N3. The van der Waals surface area contributed by atoms with Gasteiger partial charge in [-0.15, -0.1) is 0 Å².